The maximum absolute atomic E-state index is 12.1. The van der Waals surface area contributed by atoms with Gasteiger partial charge in [-0.15, -0.1) is 0 Å². The lowest BCUT2D eigenvalue weighted by Crippen LogP contribution is -2.47. The van der Waals surface area contributed by atoms with E-state index in [2.05, 4.69) is 57.4 Å². The first-order valence-corrected chi connectivity index (χ1v) is 8.96. The summed E-state index contributed by atoms with van der Waals surface area (Å²) >= 11 is 0. The number of rotatable bonds is 6. The molecule has 0 bridgehead atoms. The zero-order valence-electron chi connectivity index (χ0n) is 14.8. The zero-order chi connectivity index (χ0) is 17.5. The number of pyridine rings is 1. The van der Waals surface area contributed by atoms with Crippen molar-refractivity contribution in [1.29, 1.82) is 0 Å². The van der Waals surface area contributed by atoms with Gasteiger partial charge in [0.15, 0.2) is 0 Å². The second kappa shape index (κ2) is 8.62. The maximum atomic E-state index is 12.1. The topological polar surface area (TPSA) is 48.5 Å². The second-order valence-electron chi connectivity index (χ2n) is 6.54. The van der Waals surface area contributed by atoms with Crippen molar-refractivity contribution >= 4 is 11.6 Å². The first kappa shape index (κ1) is 17.4. The highest BCUT2D eigenvalue weighted by molar-refractivity contribution is 5.92. The summed E-state index contributed by atoms with van der Waals surface area (Å²) in [4.78, 5) is 21.1. The first-order chi connectivity index (χ1) is 12.2. The molecule has 1 aromatic carbocycles. The third-order valence-corrected chi connectivity index (χ3v) is 4.65. The van der Waals surface area contributed by atoms with Crippen LogP contribution in [0.4, 0.5) is 5.69 Å². The van der Waals surface area contributed by atoms with Gasteiger partial charge in [-0.3, -0.25) is 14.7 Å². The molecule has 1 amide bonds. The summed E-state index contributed by atoms with van der Waals surface area (Å²) in [5, 5.41) is 3.03. The highest BCUT2D eigenvalue weighted by Crippen LogP contribution is 2.15. The highest BCUT2D eigenvalue weighted by atomic mass is 16.1. The van der Waals surface area contributed by atoms with Gasteiger partial charge in [0.25, 0.3) is 5.91 Å². The zero-order valence-corrected chi connectivity index (χ0v) is 14.8. The normalized spacial score (nSPS) is 16.4. The molecular weight excluding hydrogens is 312 g/mol. The molecule has 1 N–H and O–H groups in total. The summed E-state index contributed by atoms with van der Waals surface area (Å²) in [5.41, 5.74) is 1.78. The molecule has 1 fully saturated rings. The molecule has 3 rings (SSSR count). The van der Waals surface area contributed by atoms with Crippen LogP contribution < -0.4 is 10.2 Å². The van der Waals surface area contributed by atoms with Crippen molar-refractivity contribution in [3.63, 3.8) is 0 Å². The van der Waals surface area contributed by atoms with E-state index < -0.39 is 0 Å². The van der Waals surface area contributed by atoms with E-state index in [1.54, 1.807) is 12.3 Å². The number of amides is 1. The summed E-state index contributed by atoms with van der Waals surface area (Å²) in [6, 6.07) is 16.1. The SMILES string of the molecule is C[C@@H](CCN1CCN(c2ccccc2)CC1)NC(=O)c1ccccn1. The van der Waals surface area contributed by atoms with Crippen molar-refractivity contribution in [3.05, 3.63) is 60.4 Å². The number of piperazine rings is 1. The highest BCUT2D eigenvalue weighted by Gasteiger charge is 2.18. The fraction of sp³-hybridized carbons (Fsp3) is 0.400. The quantitative estimate of drug-likeness (QED) is 0.879. The Bertz CT molecular complexity index is 654. The van der Waals surface area contributed by atoms with Crippen molar-refractivity contribution in [2.24, 2.45) is 0 Å². The summed E-state index contributed by atoms with van der Waals surface area (Å²) in [5.74, 6) is -0.0954. The van der Waals surface area contributed by atoms with Gasteiger partial charge >= 0.3 is 0 Å². The van der Waals surface area contributed by atoms with Crippen LogP contribution in [0.5, 0.6) is 0 Å². The number of nitrogens with one attached hydrogen (secondary N) is 1. The fourth-order valence-corrected chi connectivity index (χ4v) is 3.11. The molecule has 132 valence electrons. The number of hydrogen-bond donors (Lipinski definition) is 1. The monoisotopic (exact) mass is 338 g/mol. The molecule has 25 heavy (non-hydrogen) atoms. The lowest BCUT2D eigenvalue weighted by Gasteiger charge is -2.36. The average Bonchev–Trinajstić information content (AvgIpc) is 2.68. The molecule has 1 aromatic heterocycles. The minimum absolute atomic E-state index is 0.0954. The van der Waals surface area contributed by atoms with Crippen LogP contribution in [0.3, 0.4) is 0 Å². The molecule has 2 heterocycles. The van der Waals surface area contributed by atoms with E-state index in [-0.39, 0.29) is 11.9 Å². The number of anilines is 1. The summed E-state index contributed by atoms with van der Waals surface area (Å²) in [7, 11) is 0. The fourth-order valence-electron chi connectivity index (χ4n) is 3.11. The number of para-hydroxylation sites is 1. The van der Waals surface area contributed by atoms with E-state index in [1.165, 1.54) is 5.69 Å². The Morgan fingerprint density at radius 2 is 1.80 bits per heavy atom. The predicted octanol–water partition coefficient (Wildman–Crippen LogP) is 2.41. The molecule has 1 atom stereocenters. The molecule has 0 radical (unpaired) electrons. The minimum atomic E-state index is -0.0954. The molecule has 1 aliphatic rings. The lowest BCUT2D eigenvalue weighted by molar-refractivity contribution is 0.0930. The van der Waals surface area contributed by atoms with Crippen LogP contribution in [-0.4, -0.2) is 54.6 Å². The Morgan fingerprint density at radius 1 is 1.08 bits per heavy atom. The summed E-state index contributed by atoms with van der Waals surface area (Å²) in [6.45, 7) is 7.30. The van der Waals surface area contributed by atoms with Crippen molar-refractivity contribution in [2.75, 3.05) is 37.6 Å². The van der Waals surface area contributed by atoms with Gasteiger partial charge < -0.3 is 10.2 Å². The number of aromatic nitrogens is 1. The number of hydrogen-bond acceptors (Lipinski definition) is 4. The lowest BCUT2D eigenvalue weighted by atomic mass is 10.2. The van der Waals surface area contributed by atoms with Gasteiger partial charge in [0.2, 0.25) is 0 Å². The van der Waals surface area contributed by atoms with Gasteiger partial charge in [0.1, 0.15) is 5.69 Å². The maximum Gasteiger partial charge on any atom is 0.270 e. The first-order valence-electron chi connectivity index (χ1n) is 8.96. The Balaban J connectivity index is 1.39. The second-order valence-corrected chi connectivity index (χ2v) is 6.54. The van der Waals surface area contributed by atoms with Crippen molar-refractivity contribution in [3.8, 4) is 0 Å². The summed E-state index contributed by atoms with van der Waals surface area (Å²) < 4.78 is 0. The molecular formula is C20H26N4O. The van der Waals surface area contributed by atoms with Crippen LogP contribution in [0.25, 0.3) is 0 Å². The van der Waals surface area contributed by atoms with Crippen LogP contribution in [-0.2, 0) is 0 Å². The van der Waals surface area contributed by atoms with E-state index in [4.69, 9.17) is 0 Å². The van der Waals surface area contributed by atoms with E-state index in [1.807, 2.05) is 12.1 Å². The predicted molar refractivity (Wildman–Crippen MR) is 101 cm³/mol. The number of carbonyl (C=O) groups is 1. The van der Waals surface area contributed by atoms with E-state index >= 15 is 0 Å². The van der Waals surface area contributed by atoms with Crippen molar-refractivity contribution in [2.45, 2.75) is 19.4 Å². The largest absolute Gasteiger partial charge is 0.369 e. The Kier molecular flexibility index (Phi) is 6.01. The van der Waals surface area contributed by atoms with Gasteiger partial charge in [-0.2, -0.15) is 0 Å². The van der Waals surface area contributed by atoms with Crippen molar-refractivity contribution in [1.82, 2.24) is 15.2 Å². The molecule has 1 aliphatic heterocycles. The van der Waals surface area contributed by atoms with Crippen molar-refractivity contribution < 1.29 is 4.79 Å². The number of nitrogens with zero attached hydrogens (tertiary/aromatic N) is 3. The Morgan fingerprint density at radius 3 is 2.48 bits per heavy atom. The third kappa shape index (κ3) is 5.03. The third-order valence-electron chi connectivity index (χ3n) is 4.65. The molecule has 0 aliphatic carbocycles. The number of benzene rings is 1. The van der Waals surface area contributed by atoms with Crippen LogP contribution in [0.15, 0.2) is 54.7 Å². The molecule has 1 saturated heterocycles. The Hall–Kier alpha value is -2.40. The smallest absolute Gasteiger partial charge is 0.270 e. The van der Waals surface area contributed by atoms with E-state index in [9.17, 15) is 4.79 Å². The van der Waals surface area contributed by atoms with Gasteiger partial charge in [-0.25, -0.2) is 0 Å². The molecule has 0 unspecified atom stereocenters. The van der Waals surface area contributed by atoms with Gasteiger partial charge in [-0.05, 0) is 37.6 Å². The Labute approximate surface area is 149 Å². The van der Waals surface area contributed by atoms with E-state index in [0.29, 0.717) is 5.69 Å². The standard InChI is InChI=1S/C20H26N4O/c1-17(22-20(25)19-9-5-6-11-21-19)10-12-23-13-15-24(16-14-23)18-7-3-2-4-8-18/h2-9,11,17H,10,12-16H2,1H3,(H,22,25)/t17-/m0/s1. The molecule has 5 heteroatoms. The van der Waals surface area contributed by atoms with Crippen LogP contribution in [0.1, 0.15) is 23.8 Å². The average molecular weight is 338 g/mol. The molecule has 0 spiro atoms. The minimum Gasteiger partial charge on any atom is -0.369 e. The molecule has 0 saturated carbocycles. The van der Waals surface area contributed by atoms with Gasteiger partial charge in [0, 0.05) is 50.6 Å². The van der Waals surface area contributed by atoms with Gasteiger partial charge in [0.05, 0.1) is 0 Å². The van der Waals surface area contributed by atoms with Gasteiger partial charge in [-0.1, -0.05) is 24.3 Å². The molecule has 2 aromatic rings. The van der Waals surface area contributed by atoms with Crippen LogP contribution in [0, 0.1) is 0 Å². The summed E-state index contributed by atoms with van der Waals surface area (Å²) in [6.07, 6.45) is 2.59. The van der Waals surface area contributed by atoms with Crippen LogP contribution in [0.2, 0.25) is 0 Å². The van der Waals surface area contributed by atoms with Crippen LogP contribution >= 0.6 is 0 Å². The van der Waals surface area contributed by atoms with E-state index in [0.717, 1.165) is 39.1 Å². The molecule has 5 nitrogen and oxygen atoms in total. The number of carbonyl (C=O) groups excluding carboxylic acids is 1.